The van der Waals surface area contributed by atoms with Gasteiger partial charge in [-0.2, -0.15) is 0 Å². The molecule has 0 saturated carbocycles. The van der Waals surface area contributed by atoms with Gasteiger partial charge in [0.25, 0.3) is 5.91 Å². The Morgan fingerprint density at radius 1 is 1.37 bits per heavy atom. The Labute approximate surface area is 186 Å². The van der Waals surface area contributed by atoms with Gasteiger partial charge in [-0.25, -0.2) is 8.42 Å². The van der Waals surface area contributed by atoms with E-state index in [9.17, 15) is 18.0 Å². The van der Waals surface area contributed by atoms with Crippen LogP contribution in [0.1, 0.15) is 24.8 Å². The van der Waals surface area contributed by atoms with Crippen molar-refractivity contribution in [3.05, 3.63) is 34.7 Å². The summed E-state index contributed by atoms with van der Waals surface area (Å²) in [4.78, 5) is 28.7. The molecule has 10 heteroatoms. The van der Waals surface area contributed by atoms with Crippen LogP contribution in [0.4, 0.5) is 0 Å². The first-order valence-electron chi connectivity index (χ1n) is 9.55. The summed E-state index contributed by atoms with van der Waals surface area (Å²) < 4.78 is 28.8. The number of methoxy groups -OCH3 is 1. The molecule has 2 fully saturated rings. The van der Waals surface area contributed by atoms with Crippen molar-refractivity contribution in [1.82, 2.24) is 9.80 Å². The van der Waals surface area contributed by atoms with Crippen molar-refractivity contribution in [2.75, 3.05) is 32.2 Å². The highest BCUT2D eigenvalue weighted by molar-refractivity contribution is 8.26. The fraction of sp³-hybridized carbons (Fsp3) is 0.450. The van der Waals surface area contributed by atoms with Crippen LogP contribution in [-0.2, 0) is 19.4 Å². The number of rotatable bonds is 7. The van der Waals surface area contributed by atoms with Gasteiger partial charge < -0.3 is 9.64 Å². The molecule has 2 heterocycles. The van der Waals surface area contributed by atoms with Crippen LogP contribution in [0.3, 0.4) is 0 Å². The van der Waals surface area contributed by atoms with Gasteiger partial charge in [0, 0.05) is 26.1 Å². The van der Waals surface area contributed by atoms with E-state index in [0.29, 0.717) is 28.6 Å². The van der Waals surface area contributed by atoms with Crippen LogP contribution in [-0.4, -0.2) is 72.6 Å². The monoisotopic (exact) mass is 468 g/mol. The van der Waals surface area contributed by atoms with Gasteiger partial charge in [-0.05, 0) is 36.6 Å². The molecule has 0 N–H and O–H groups in total. The molecule has 0 aromatic heterocycles. The van der Waals surface area contributed by atoms with Crippen LogP contribution in [0, 0.1) is 0 Å². The van der Waals surface area contributed by atoms with Gasteiger partial charge in [0.15, 0.2) is 9.84 Å². The molecule has 0 radical (unpaired) electrons. The molecule has 0 spiro atoms. The van der Waals surface area contributed by atoms with Gasteiger partial charge in [-0.15, -0.1) is 0 Å². The van der Waals surface area contributed by atoms with Crippen molar-refractivity contribution in [2.45, 2.75) is 25.3 Å². The summed E-state index contributed by atoms with van der Waals surface area (Å²) in [5.41, 5.74) is 0.875. The van der Waals surface area contributed by atoms with Gasteiger partial charge in [0.2, 0.25) is 5.91 Å². The van der Waals surface area contributed by atoms with E-state index in [1.165, 1.54) is 21.6 Å². The largest absolute Gasteiger partial charge is 0.497 e. The lowest BCUT2D eigenvalue weighted by molar-refractivity contribution is -0.132. The lowest BCUT2D eigenvalue weighted by Gasteiger charge is -2.24. The Morgan fingerprint density at radius 2 is 2.07 bits per heavy atom. The standard InChI is InChI=1S/C20H24N2O5S3/c1-21(15-9-11-30(25,26)13-15)18(23)4-3-10-22-19(24)17(29-20(22)28)12-14-5-7-16(27-2)8-6-14/h5-8,12,15H,3-4,9-11,13H2,1-2H3/b17-12-/t15-/m1/s1. The summed E-state index contributed by atoms with van der Waals surface area (Å²) in [6.07, 6.45) is 2.97. The van der Waals surface area contributed by atoms with E-state index in [2.05, 4.69) is 0 Å². The molecule has 0 aliphatic carbocycles. The Hall–Kier alpha value is -1.91. The second-order valence-corrected chi connectivity index (χ2v) is 11.2. The Kier molecular flexibility index (Phi) is 7.20. The minimum atomic E-state index is -3.04. The minimum Gasteiger partial charge on any atom is -0.497 e. The highest BCUT2D eigenvalue weighted by Crippen LogP contribution is 2.33. The van der Waals surface area contributed by atoms with Gasteiger partial charge in [0.1, 0.15) is 10.1 Å². The second-order valence-electron chi connectivity index (χ2n) is 7.27. The third-order valence-corrected chi connectivity index (χ3v) is 8.34. The Morgan fingerprint density at radius 3 is 2.67 bits per heavy atom. The number of carbonyl (C=O) groups excluding carboxylic acids is 2. The van der Waals surface area contributed by atoms with Crippen LogP contribution < -0.4 is 4.74 Å². The average molecular weight is 469 g/mol. The molecule has 1 aromatic carbocycles. The summed E-state index contributed by atoms with van der Waals surface area (Å²) in [5, 5.41) is 0. The molecule has 2 aliphatic rings. The lowest BCUT2D eigenvalue weighted by Crippen LogP contribution is -2.38. The average Bonchev–Trinajstić information content (AvgIpc) is 3.21. The van der Waals surface area contributed by atoms with Crippen LogP contribution >= 0.6 is 24.0 Å². The summed E-state index contributed by atoms with van der Waals surface area (Å²) in [7, 11) is 0.201. The fourth-order valence-corrected chi connectivity index (χ4v) is 6.48. The zero-order valence-electron chi connectivity index (χ0n) is 16.9. The number of thiocarbonyl (C=S) groups is 1. The maximum atomic E-state index is 12.7. The molecule has 1 aromatic rings. The smallest absolute Gasteiger partial charge is 0.266 e. The number of benzene rings is 1. The molecular formula is C20H24N2O5S3. The molecule has 3 rings (SSSR count). The molecule has 7 nitrogen and oxygen atoms in total. The second kappa shape index (κ2) is 9.49. The fourth-order valence-electron chi connectivity index (χ4n) is 3.39. The number of thioether (sulfide) groups is 1. The minimum absolute atomic E-state index is 0.0279. The van der Waals surface area contributed by atoms with E-state index in [1.54, 1.807) is 20.2 Å². The first kappa shape index (κ1) is 22.8. The molecule has 2 aliphatic heterocycles. The Balaban J connectivity index is 1.53. The number of ether oxygens (including phenoxy) is 1. The molecule has 2 amide bonds. The number of sulfone groups is 1. The zero-order chi connectivity index (χ0) is 21.9. The SMILES string of the molecule is COc1ccc(/C=C2\SC(=S)N(CCCC(=O)N(C)[C@@H]3CCS(=O)(=O)C3)C2=O)cc1. The summed E-state index contributed by atoms with van der Waals surface area (Å²) in [6, 6.07) is 7.12. The first-order valence-corrected chi connectivity index (χ1v) is 12.6. The number of amides is 2. The van der Waals surface area contributed by atoms with Gasteiger partial charge in [0.05, 0.1) is 23.5 Å². The summed E-state index contributed by atoms with van der Waals surface area (Å²) in [6.45, 7) is 0.354. The number of carbonyl (C=O) groups is 2. The van der Waals surface area contributed by atoms with E-state index in [1.807, 2.05) is 24.3 Å². The lowest BCUT2D eigenvalue weighted by atomic mass is 10.2. The molecule has 1 atom stereocenters. The summed E-state index contributed by atoms with van der Waals surface area (Å²) >= 11 is 6.59. The zero-order valence-corrected chi connectivity index (χ0v) is 19.3. The van der Waals surface area contributed by atoms with E-state index in [4.69, 9.17) is 17.0 Å². The van der Waals surface area contributed by atoms with Crippen LogP contribution in [0.15, 0.2) is 29.2 Å². The van der Waals surface area contributed by atoms with Gasteiger partial charge >= 0.3 is 0 Å². The van der Waals surface area contributed by atoms with Crippen molar-refractivity contribution in [1.29, 1.82) is 0 Å². The van der Waals surface area contributed by atoms with Crippen molar-refractivity contribution < 1.29 is 22.7 Å². The van der Waals surface area contributed by atoms with Crippen LogP contribution in [0.25, 0.3) is 6.08 Å². The molecular weight excluding hydrogens is 444 g/mol. The first-order chi connectivity index (χ1) is 14.2. The Bertz CT molecular complexity index is 973. The van der Waals surface area contributed by atoms with E-state index in [-0.39, 0.29) is 35.8 Å². The van der Waals surface area contributed by atoms with Gasteiger partial charge in [-0.1, -0.05) is 36.1 Å². The number of hydrogen-bond acceptors (Lipinski definition) is 7. The predicted octanol–water partition coefficient (Wildman–Crippen LogP) is 2.32. The highest BCUT2D eigenvalue weighted by Gasteiger charge is 2.34. The van der Waals surface area contributed by atoms with Crippen LogP contribution in [0.2, 0.25) is 0 Å². The molecule has 0 unspecified atom stereocenters. The van der Waals surface area contributed by atoms with E-state index < -0.39 is 9.84 Å². The van der Waals surface area contributed by atoms with Crippen molar-refractivity contribution in [2.24, 2.45) is 0 Å². The summed E-state index contributed by atoms with van der Waals surface area (Å²) in [5.74, 6) is 0.622. The highest BCUT2D eigenvalue weighted by atomic mass is 32.2. The van der Waals surface area contributed by atoms with Gasteiger partial charge in [-0.3, -0.25) is 14.5 Å². The third kappa shape index (κ3) is 5.41. The quantitative estimate of drug-likeness (QED) is 0.449. The topological polar surface area (TPSA) is 84.0 Å². The molecule has 30 heavy (non-hydrogen) atoms. The maximum Gasteiger partial charge on any atom is 0.266 e. The van der Waals surface area contributed by atoms with Crippen LogP contribution in [0.5, 0.6) is 5.75 Å². The normalized spacial score (nSPS) is 22.0. The molecule has 2 saturated heterocycles. The predicted molar refractivity (Wildman–Crippen MR) is 122 cm³/mol. The van der Waals surface area contributed by atoms with Crippen molar-refractivity contribution >= 4 is 56.0 Å². The number of nitrogens with zero attached hydrogens (tertiary/aromatic N) is 2. The third-order valence-electron chi connectivity index (χ3n) is 5.21. The molecule has 0 bridgehead atoms. The molecule has 162 valence electrons. The van der Waals surface area contributed by atoms with E-state index >= 15 is 0 Å². The van der Waals surface area contributed by atoms with E-state index in [0.717, 1.165) is 11.3 Å². The van der Waals surface area contributed by atoms with Crippen molar-refractivity contribution in [3.63, 3.8) is 0 Å². The number of hydrogen-bond donors (Lipinski definition) is 0. The van der Waals surface area contributed by atoms with Crippen molar-refractivity contribution in [3.8, 4) is 5.75 Å². The maximum absolute atomic E-state index is 12.7.